The second kappa shape index (κ2) is 15.5. The summed E-state index contributed by atoms with van der Waals surface area (Å²) < 4.78 is 28.7. The molecule has 250 valence electrons. The van der Waals surface area contributed by atoms with Crippen LogP contribution in [-0.2, 0) is 25.4 Å². The van der Waals surface area contributed by atoms with E-state index in [0.717, 1.165) is 33.5 Å². The number of nitrogens with zero attached hydrogens (tertiary/aromatic N) is 1. The van der Waals surface area contributed by atoms with Gasteiger partial charge in [0.05, 0.1) is 18.5 Å². The fourth-order valence-electron chi connectivity index (χ4n) is 5.53. The smallest absolute Gasteiger partial charge is 0.332 e. The van der Waals surface area contributed by atoms with E-state index in [-0.39, 0.29) is 36.6 Å². The minimum Gasteiger partial charge on any atom is -0.356 e. The lowest BCUT2D eigenvalue weighted by Crippen LogP contribution is -2.26. The third-order valence-electron chi connectivity index (χ3n) is 8.32. The minimum atomic E-state index is -3.21. The first-order valence-corrected chi connectivity index (χ1v) is 18.2. The highest BCUT2D eigenvalue weighted by Crippen LogP contribution is 2.46. The van der Waals surface area contributed by atoms with E-state index in [0.29, 0.717) is 22.8 Å². The van der Waals surface area contributed by atoms with Crippen molar-refractivity contribution in [3.05, 3.63) is 136 Å². The van der Waals surface area contributed by atoms with Crippen LogP contribution in [0.2, 0.25) is 5.02 Å². The molecule has 0 aliphatic carbocycles. The van der Waals surface area contributed by atoms with Crippen LogP contribution in [0.5, 0.6) is 0 Å². The Balaban J connectivity index is 1.37. The summed E-state index contributed by atoms with van der Waals surface area (Å²) in [7, 11) is -1.86. The highest BCUT2D eigenvalue weighted by Gasteiger charge is 2.24. The molecule has 2 unspecified atom stereocenters. The summed E-state index contributed by atoms with van der Waals surface area (Å²) in [6.07, 6.45) is 0.751. The van der Waals surface area contributed by atoms with E-state index in [9.17, 15) is 9.36 Å². The van der Waals surface area contributed by atoms with E-state index < -0.39 is 7.60 Å². The molecule has 1 heterocycles. The fourth-order valence-corrected chi connectivity index (χ4v) is 6.86. The summed E-state index contributed by atoms with van der Waals surface area (Å²) in [5, 5.41) is 8.08. The molecule has 0 spiro atoms. The zero-order chi connectivity index (χ0) is 34.3. The van der Waals surface area contributed by atoms with Crippen LogP contribution in [0.25, 0.3) is 22.5 Å². The average molecular weight is 685 g/mol. The van der Waals surface area contributed by atoms with Gasteiger partial charge in [0.15, 0.2) is 5.76 Å². The van der Waals surface area contributed by atoms with Gasteiger partial charge in [-0.2, -0.15) is 0 Å². The van der Waals surface area contributed by atoms with Crippen LogP contribution in [0.15, 0.2) is 108 Å². The van der Waals surface area contributed by atoms with Gasteiger partial charge in [-0.15, -0.1) is 0 Å². The Bertz CT molecular complexity index is 1860. The van der Waals surface area contributed by atoms with Gasteiger partial charge in [-0.3, -0.25) is 9.36 Å². The molecule has 7 nitrogen and oxygen atoms in total. The molecule has 5 rings (SSSR count). The third kappa shape index (κ3) is 8.91. The number of amides is 1. The van der Waals surface area contributed by atoms with Crippen LogP contribution in [0.4, 0.5) is 0 Å². The van der Waals surface area contributed by atoms with Gasteiger partial charge in [0.25, 0.3) is 5.91 Å². The molecule has 4 aromatic carbocycles. The van der Waals surface area contributed by atoms with E-state index in [2.05, 4.69) is 67.6 Å². The summed E-state index contributed by atoms with van der Waals surface area (Å²) >= 11 is 6.11. The molecule has 48 heavy (non-hydrogen) atoms. The highest BCUT2D eigenvalue weighted by molar-refractivity contribution is 7.53. The van der Waals surface area contributed by atoms with Crippen molar-refractivity contribution in [1.29, 1.82) is 0 Å². The Hall–Kier alpha value is -4.00. The Morgan fingerprint density at radius 2 is 1.60 bits per heavy atom. The van der Waals surface area contributed by atoms with Crippen molar-refractivity contribution in [3.63, 3.8) is 0 Å². The van der Waals surface area contributed by atoms with Crippen molar-refractivity contribution >= 4 is 25.1 Å². The molecule has 0 aliphatic rings. The van der Waals surface area contributed by atoms with Gasteiger partial charge in [-0.25, -0.2) is 0 Å². The number of benzene rings is 4. The molecular formula is C39H42ClN2O5P. The van der Waals surface area contributed by atoms with E-state index in [1.165, 1.54) is 12.7 Å². The zero-order valence-corrected chi connectivity index (χ0v) is 29.7. The Kier molecular flexibility index (Phi) is 11.4. The molecule has 0 aliphatic heterocycles. The molecule has 0 bridgehead atoms. The molecule has 5 aromatic rings. The first kappa shape index (κ1) is 35.3. The molecule has 9 heteroatoms. The van der Waals surface area contributed by atoms with Crippen molar-refractivity contribution in [3.8, 4) is 22.5 Å². The second-order valence-corrected chi connectivity index (χ2v) is 15.4. The number of carbonyl (C=O) groups is 1. The standard InChI is InChI=1S/C39H42ClN2O5P/c1-6-46-48(44,45-5)23-22-41-38(43)30-12-10-27(11-13-30)24-35(29-14-18-33(19-15-29)39(2,3)4)36-26-37(47-42-36)32-9-7-8-31(25-32)28-16-20-34(40)21-17-28/h7-21,25-26,35H,6,22-24H2,1-5H3,(H,41,43). The van der Waals surface area contributed by atoms with Crippen molar-refractivity contribution in [2.75, 3.05) is 26.4 Å². The zero-order valence-electron chi connectivity index (χ0n) is 28.0. The maximum atomic E-state index is 12.8. The quantitative estimate of drug-likeness (QED) is 0.124. The SMILES string of the molecule is CCOP(=O)(CCNC(=O)c1ccc(CC(c2ccc(C(C)(C)C)cc2)c2cc(-c3cccc(-c4ccc(Cl)cc4)c3)on2)cc1)OC. The summed E-state index contributed by atoms with van der Waals surface area (Å²) in [6, 6.07) is 34.2. The molecule has 0 saturated heterocycles. The molecular weight excluding hydrogens is 643 g/mol. The monoisotopic (exact) mass is 684 g/mol. The third-order valence-corrected chi connectivity index (χ3v) is 10.6. The number of rotatable bonds is 13. The van der Waals surface area contributed by atoms with Gasteiger partial charge in [-0.05, 0) is 76.9 Å². The van der Waals surface area contributed by atoms with Gasteiger partial charge < -0.3 is 18.9 Å². The number of hydrogen-bond donors (Lipinski definition) is 1. The molecule has 1 amide bonds. The number of hydrogen-bond acceptors (Lipinski definition) is 6. The van der Waals surface area contributed by atoms with Crippen molar-refractivity contribution in [2.24, 2.45) is 0 Å². The topological polar surface area (TPSA) is 90.7 Å². The second-order valence-electron chi connectivity index (χ2n) is 12.7. The van der Waals surface area contributed by atoms with Crippen LogP contribution in [0.1, 0.15) is 66.4 Å². The lowest BCUT2D eigenvalue weighted by Gasteiger charge is -2.21. The van der Waals surface area contributed by atoms with Crippen LogP contribution < -0.4 is 5.32 Å². The van der Waals surface area contributed by atoms with Gasteiger partial charge in [-0.1, -0.05) is 104 Å². The summed E-state index contributed by atoms with van der Waals surface area (Å²) in [4.78, 5) is 12.8. The Labute approximate surface area is 288 Å². The van der Waals surface area contributed by atoms with Crippen LogP contribution in [-0.4, -0.2) is 37.5 Å². The maximum absolute atomic E-state index is 12.8. The highest BCUT2D eigenvalue weighted by atomic mass is 35.5. The normalized spacial score (nSPS) is 13.5. The minimum absolute atomic E-state index is 0.0319. The lowest BCUT2D eigenvalue weighted by molar-refractivity contribution is 0.0955. The summed E-state index contributed by atoms with van der Waals surface area (Å²) in [5.74, 6) is 0.348. The number of aromatic nitrogens is 1. The molecule has 0 radical (unpaired) electrons. The summed E-state index contributed by atoms with van der Waals surface area (Å²) in [5.41, 5.74) is 7.84. The number of nitrogens with one attached hydrogen (secondary N) is 1. The first-order valence-electron chi connectivity index (χ1n) is 16.1. The molecule has 1 N–H and O–H groups in total. The van der Waals surface area contributed by atoms with E-state index in [1.807, 2.05) is 54.6 Å². The van der Waals surface area contributed by atoms with Gasteiger partial charge >= 0.3 is 7.60 Å². The van der Waals surface area contributed by atoms with Crippen LogP contribution in [0.3, 0.4) is 0 Å². The molecule has 0 saturated carbocycles. The summed E-state index contributed by atoms with van der Waals surface area (Å²) in [6.45, 7) is 8.81. The molecule has 2 atom stereocenters. The van der Waals surface area contributed by atoms with Crippen LogP contribution >= 0.6 is 19.2 Å². The predicted octanol–water partition coefficient (Wildman–Crippen LogP) is 9.94. The van der Waals surface area contributed by atoms with Crippen molar-refractivity contribution in [2.45, 2.75) is 45.4 Å². The van der Waals surface area contributed by atoms with Crippen molar-refractivity contribution in [1.82, 2.24) is 10.5 Å². The number of halogens is 1. The van der Waals surface area contributed by atoms with Gasteiger partial charge in [0.1, 0.15) is 0 Å². The fraction of sp³-hybridized carbons (Fsp3) is 0.282. The van der Waals surface area contributed by atoms with E-state index in [1.54, 1.807) is 19.1 Å². The Morgan fingerprint density at radius 1 is 0.917 bits per heavy atom. The van der Waals surface area contributed by atoms with Crippen LogP contribution in [0, 0.1) is 0 Å². The maximum Gasteiger partial charge on any atom is 0.332 e. The van der Waals surface area contributed by atoms with E-state index in [4.69, 9.17) is 25.2 Å². The molecule has 1 aromatic heterocycles. The van der Waals surface area contributed by atoms with E-state index >= 15 is 0 Å². The number of carbonyl (C=O) groups excluding carboxylic acids is 1. The first-order chi connectivity index (χ1) is 23.0. The van der Waals surface area contributed by atoms with Gasteiger partial charge in [0, 0.05) is 41.8 Å². The predicted molar refractivity (Wildman–Crippen MR) is 193 cm³/mol. The van der Waals surface area contributed by atoms with Crippen molar-refractivity contribution < 1.29 is 22.9 Å². The Morgan fingerprint density at radius 3 is 2.25 bits per heavy atom. The molecule has 0 fully saturated rings. The lowest BCUT2D eigenvalue weighted by atomic mass is 9.83. The van der Waals surface area contributed by atoms with Gasteiger partial charge in [0.2, 0.25) is 0 Å². The largest absolute Gasteiger partial charge is 0.356 e. The average Bonchev–Trinajstić information content (AvgIpc) is 3.58.